The van der Waals surface area contributed by atoms with Crippen molar-refractivity contribution < 1.29 is 13.9 Å². The number of oxazole rings is 1. The van der Waals surface area contributed by atoms with Crippen LogP contribution < -0.4 is 4.74 Å². The van der Waals surface area contributed by atoms with Crippen molar-refractivity contribution in [3.05, 3.63) is 77.3 Å². The molecule has 0 aliphatic carbocycles. The SMILES string of the molecule is O=C(CCc1ccc(-c2nc3ccc(Oc4ccc(Cl)cc4)cc3o2)cc1)N1CCCCC1. The molecule has 1 fully saturated rings. The van der Waals surface area contributed by atoms with Crippen molar-refractivity contribution in [1.29, 1.82) is 0 Å². The van der Waals surface area contributed by atoms with Crippen molar-refractivity contribution in [1.82, 2.24) is 9.88 Å². The number of halogens is 1. The first-order valence-electron chi connectivity index (χ1n) is 11.4. The van der Waals surface area contributed by atoms with Gasteiger partial charge in [0.25, 0.3) is 0 Å². The molecule has 0 unspecified atom stereocenters. The van der Waals surface area contributed by atoms with Crippen LogP contribution in [0.15, 0.2) is 71.1 Å². The van der Waals surface area contributed by atoms with Gasteiger partial charge in [0.1, 0.15) is 17.0 Å². The Morgan fingerprint density at radius 3 is 2.42 bits per heavy atom. The van der Waals surface area contributed by atoms with Gasteiger partial charge in [-0.3, -0.25) is 4.79 Å². The van der Waals surface area contributed by atoms with E-state index in [0.717, 1.165) is 49.0 Å². The quantitative estimate of drug-likeness (QED) is 0.314. The van der Waals surface area contributed by atoms with E-state index in [9.17, 15) is 4.79 Å². The smallest absolute Gasteiger partial charge is 0.227 e. The number of ether oxygens (including phenoxy) is 1. The van der Waals surface area contributed by atoms with E-state index in [2.05, 4.69) is 4.98 Å². The fourth-order valence-electron chi connectivity index (χ4n) is 4.10. The van der Waals surface area contributed by atoms with Crippen LogP contribution in [0.3, 0.4) is 0 Å². The van der Waals surface area contributed by atoms with Gasteiger partial charge in [-0.05, 0) is 79.8 Å². The van der Waals surface area contributed by atoms with Crippen LogP contribution in [-0.2, 0) is 11.2 Å². The summed E-state index contributed by atoms with van der Waals surface area (Å²) in [6, 6.07) is 20.9. The lowest BCUT2D eigenvalue weighted by Crippen LogP contribution is -2.35. The highest BCUT2D eigenvalue weighted by atomic mass is 35.5. The fourth-order valence-corrected chi connectivity index (χ4v) is 4.22. The molecule has 0 N–H and O–H groups in total. The first kappa shape index (κ1) is 21.5. The van der Waals surface area contributed by atoms with Crippen LogP contribution in [0.4, 0.5) is 0 Å². The van der Waals surface area contributed by atoms with Gasteiger partial charge in [-0.2, -0.15) is 0 Å². The summed E-state index contributed by atoms with van der Waals surface area (Å²) in [7, 11) is 0. The number of carbonyl (C=O) groups excluding carboxylic acids is 1. The number of amides is 1. The molecule has 1 amide bonds. The molecule has 0 radical (unpaired) electrons. The van der Waals surface area contributed by atoms with Gasteiger partial charge < -0.3 is 14.1 Å². The Balaban J connectivity index is 1.24. The highest BCUT2D eigenvalue weighted by Crippen LogP contribution is 2.30. The Bertz CT molecular complexity index is 1240. The maximum atomic E-state index is 12.4. The number of carbonyl (C=O) groups is 1. The highest BCUT2D eigenvalue weighted by molar-refractivity contribution is 6.30. The average Bonchev–Trinajstić information content (AvgIpc) is 3.28. The summed E-state index contributed by atoms with van der Waals surface area (Å²) in [6.45, 7) is 1.81. The van der Waals surface area contributed by atoms with Crippen LogP contribution in [0, 0.1) is 0 Å². The fraction of sp³-hybridized carbons (Fsp3) is 0.259. The predicted octanol–water partition coefficient (Wildman–Crippen LogP) is 6.89. The highest BCUT2D eigenvalue weighted by Gasteiger charge is 2.16. The van der Waals surface area contributed by atoms with Crippen LogP contribution >= 0.6 is 11.6 Å². The molecule has 1 saturated heterocycles. The van der Waals surface area contributed by atoms with Gasteiger partial charge in [0.15, 0.2) is 5.58 Å². The lowest BCUT2D eigenvalue weighted by molar-refractivity contribution is -0.132. The summed E-state index contributed by atoms with van der Waals surface area (Å²) in [5, 5.41) is 0.664. The minimum absolute atomic E-state index is 0.259. The number of nitrogens with zero attached hydrogens (tertiary/aromatic N) is 2. The van der Waals surface area contributed by atoms with E-state index in [0.29, 0.717) is 34.4 Å². The Labute approximate surface area is 197 Å². The number of aryl methyl sites for hydroxylation is 1. The zero-order valence-electron chi connectivity index (χ0n) is 18.3. The van der Waals surface area contributed by atoms with E-state index >= 15 is 0 Å². The number of likely N-dealkylation sites (tertiary alicyclic amines) is 1. The van der Waals surface area contributed by atoms with Crippen molar-refractivity contribution in [2.24, 2.45) is 0 Å². The standard InChI is InChI=1S/C27H25ClN2O3/c28-21-9-11-22(12-10-21)32-23-13-14-24-25(18-23)33-27(29-24)20-7-4-19(5-8-20)6-15-26(31)30-16-2-1-3-17-30/h4-5,7-14,18H,1-3,6,15-17H2. The molecule has 5 rings (SSSR count). The molecule has 5 nitrogen and oxygen atoms in total. The third-order valence-corrected chi connectivity index (χ3v) is 6.20. The molecule has 0 spiro atoms. The van der Waals surface area contributed by atoms with Gasteiger partial charge in [0.05, 0.1) is 0 Å². The second kappa shape index (κ2) is 9.67. The summed E-state index contributed by atoms with van der Waals surface area (Å²) >= 11 is 5.93. The Morgan fingerprint density at radius 2 is 1.67 bits per heavy atom. The lowest BCUT2D eigenvalue weighted by atomic mass is 10.1. The lowest BCUT2D eigenvalue weighted by Gasteiger charge is -2.26. The Morgan fingerprint density at radius 1 is 0.939 bits per heavy atom. The van der Waals surface area contributed by atoms with Gasteiger partial charge >= 0.3 is 0 Å². The maximum absolute atomic E-state index is 12.4. The number of piperidine rings is 1. The molecular weight excluding hydrogens is 436 g/mol. The van der Waals surface area contributed by atoms with Gasteiger partial charge in [-0.15, -0.1) is 0 Å². The summed E-state index contributed by atoms with van der Waals surface area (Å²) < 4.78 is 11.9. The first-order valence-corrected chi connectivity index (χ1v) is 11.7. The van der Waals surface area contributed by atoms with E-state index in [-0.39, 0.29) is 5.91 Å². The van der Waals surface area contributed by atoms with E-state index in [1.54, 1.807) is 12.1 Å². The van der Waals surface area contributed by atoms with Gasteiger partial charge in [0, 0.05) is 36.2 Å². The van der Waals surface area contributed by atoms with Gasteiger partial charge in [0.2, 0.25) is 11.8 Å². The largest absolute Gasteiger partial charge is 0.457 e. The minimum Gasteiger partial charge on any atom is -0.457 e. The molecule has 33 heavy (non-hydrogen) atoms. The normalized spacial score (nSPS) is 13.9. The topological polar surface area (TPSA) is 55.6 Å². The van der Waals surface area contributed by atoms with Crippen molar-refractivity contribution in [2.75, 3.05) is 13.1 Å². The van der Waals surface area contributed by atoms with Gasteiger partial charge in [-0.25, -0.2) is 4.98 Å². The first-order chi connectivity index (χ1) is 16.1. The molecule has 1 aromatic heterocycles. The van der Waals surface area contributed by atoms with E-state index in [1.165, 1.54) is 6.42 Å². The summed E-state index contributed by atoms with van der Waals surface area (Å²) in [4.78, 5) is 19.0. The van der Waals surface area contributed by atoms with Gasteiger partial charge in [-0.1, -0.05) is 23.7 Å². The number of benzene rings is 3. The van der Waals surface area contributed by atoms with Crippen LogP contribution in [-0.4, -0.2) is 28.9 Å². The van der Waals surface area contributed by atoms with Crippen LogP contribution in [0.25, 0.3) is 22.6 Å². The molecule has 168 valence electrons. The molecule has 1 aliphatic rings. The van der Waals surface area contributed by atoms with Crippen LogP contribution in [0.2, 0.25) is 5.02 Å². The Kier molecular flexibility index (Phi) is 6.31. The number of aromatic nitrogens is 1. The number of hydrogen-bond donors (Lipinski definition) is 0. The molecule has 6 heteroatoms. The van der Waals surface area contributed by atoms with Crippen molar-refractivity contribution in [2.45, 2.75) is 32.1 Å². The van der Waals surface area contributed by atoms with Crippen LogP contribution in [0.1, 0.15) is 31.2 Å². The molecule has 3 aromatic carbocycles. The summed E-state index contributed by atoms with van der Waals surface area (Å²) in [5.41, 5.74) is 3.47. The van der Waals surface area contributed by atoms with Crippen molar-refractivity contribution in [3.63, 3.8) is 0 Å². The number of rotatable bonds is 6. The molecule has 2 heterocycles. The predicted molar refractivity (Wildman–Crippen MR) is 130 cm³/mol. The third-order valence-electron chi connectivity index (χ3n) is 5.95. The molecule has 1 aliphatic heterocycles. The van der Waals surface area contributed by atoms with Crippen LogP contribution in [0.5, 0.6) is 11.5 Å². The number of fused-ring (bicyclic) bond motifs is 1. The van der Waals surface area contributed by atoms with Crippen molar-refractivity contribution >= 4 is 28.6 Å². The minimum atomic E-state index is 0.259. The molecule has 4 aromatic rings. The monoisotopic (exact) mass is 460 g/mol. The molecule has 0 bridgehead atoms. The van der Waals surface area contributed by atoms with Crippen molar-refractivity contribution in [3.8, 4) is 23.0 Å². The second-order valence-electron chi connectivity index (χ2n) is 8.34. The van der Waals surface area contributed by atoms with E-state index in [1.807, 2.05) is 59.5 Å². The van der Waals surface area contributed by atoms with E-state index in [4.69, 9.17) is 20.8 Å². The molecular formula is C27H25ClN2O3. The average molecular weight is 461 g/mol. The summed E-state index contributed by atoms with van der Waals surface area (Å²) in [5.74, 6) is 2.19. The molecule has 0 atom stereocenters. The molecule has 0 saturated carbocycles. The zero-order chi connectivity index (χ0) is 22.6. The maximum Gasteiger partial charge on any atom is 0.227 e. The summed E-state index contributed by atoms with van der Waals surface area (Å²) in [6.07, 6.45) is 4.78. The Hall–Kier alpha value is -3.31. The zero-order valence-corrected chi connectivity index (χ0v) is 19.1. The van der Waals surface area contributed by atoms with E-state index < -0.39 is 0 Å². The second-order valence-corrected chi connectivity index (χ2v) is 8.78. The number of hydrogen-bond acceptors (Lipinski definition) is 4. The third kappa shape index (κ3) is 5.20.